The second-order valence-corrected chi connectivity index (χ2v) is 4.44. The van der Waals surface area contributed by atoms with Gasteiger partial charge in [0.25, 0.3) is 0 Å². The van der Waals surface area contributed by atoms with Crippen LogP contribution in [0.1, 0.15) is 16.1 Å². The largest absolute Gasteiger partial charge is 0.287 e. The second-order valence-electron chi connectivity index (χ2n) is 4.44. The Morgan fingerprint density at radius 3 is 2.43 bits per heavy atom. The number of fused-ring (bicyclic) bond motifs is 1. The van der Waals surface area contributed by atoms with Gasteiger partial charge in [0, 0.05) is 5.39 Å². The van der Waals surface area contributed by atoms with E-state index < -0.39 is 28.8 Å². The number of para-hydroxylation sites is 1. The number of benzene rings is 2. The van der Waals surface area contributed by atoms with Crippen molar-refractivity contribution < 1.29 is 18.0 Å². The predicted octanol–water partition coefficient (Wildman–Crippen LogP) is 3.88. The standard InChI is InChI=1S/C16H8F3NO/c17-11-7-6-10(14(18)15(11)19)16(21)13-8-5-9-3-1-2-4-12(9)20-13/h1-8H. The molecule has 0 saturated carbocycles. The molecule has 0 bridgehead atoms. The first-order valence-corrected chi connectivity index (χ1v) is 6.12. The topological polar surface area (TPSA) is 30.0 Å². The number of hydrogen-bond acceptors (Lipinski definition) is 2. The van der Waals surface area contributed by atoms with Crippen LogP contribution in [0.2, 0.25) is 0 Å². The van der Waals surface area contributed by atoms with Crippen LogP contribution in [-0.4, -0.2) is 10.8 Å². The van der Waals surface area contributed by atoms with E-state index in [1.807, 2.05) is 12.1 Å². The molecule has 1 heterocycles. The van der Waals surface area contributed by atoms with Crippen LogP contribution in [0.15, 0.2) is 48.5 Å². The lowest BCUT2D eigenvalue weighted by molar-refractivity contribution is 0.102. The Kier molecular flexibility index (Phi) is 3.17. The molecule has 3 aromatic rings. The molecule has 21 heavy (non-hydrogen) atoms. The van der Waals surface area contributed by atoms with E-state index >= 15 is 0 Å². The summed E-state index contributed by atoms with van der Waals surface area (Å²) < 4.78 is 39.7. The molecule has 3 rings (SSSR count). The van der Waals surface area contributed by atoms with Crippen molar-refractivity contribution in [1.29, 1.82) is 0 Å². The van der Waals surface area contributed by atoms with Crippen LogP contribution in [0.5, 0.6) is 0 Å². The van der Waals surface area contributed by atoms with E-state index in [0.29, 0.717) is 11.6 Å². The highest BCUT2D eigenvalue weighted by molar-refractivity contribution is 6.08. The lowest BCUT2D eigenvalue weighted by Crippen LogP contribution is -2.09. The molecule has 0 atom stereocenters. The summed E-state index contributed by atoms with van der Waals surface area (Å²) in [6.07, 6.45) is 0. The third-order valence-electron chi connectivity index (χ3n) is 3.11. The normalized spacial score (nSPS) is 10.8. The van der Waals surface area contributed by atoms with Crippen LogP contribution in [0.3, 0.4) is 0 Å². The van der Waals surface area contributed by atoms with Crippen molar-refractivity contribution in [2.45, 2.75) is 0 Å². The van der Waals surface area contributed by atoms with Gasteiger partial charge in [0.15, 0.2) is 17.5 Å². The molecular weight excluding hydrogens is 279 g/mol. The minimum atomic E-state index is -1.67. The van der Waals surface area contributed by atoms with E-state index in [0.717, 1.165) is 11.5 Å². The number of halogens is 3. The molecular formula is C16H8F3NO. The van der Waals surface area contributed by atoms with E-state index in [1.165, 1.54) is 6.07 Å². The molecule has 0 aliphatic rings. The predicted molar refractivity (Wildman–Crippen MR) is 71.5 cm³/mol. The minimum absolute atomic E-state index is 0.0291. The maximum absolute atomic E-state index is 13.6. The first-order chi connectivity index (χ1) is 10.1. The number of carbonyl (C=O) groups excluding carboxylic acids is 1. The Morgan fingerprint density at radius 2 is 1.62 bits per heavy atom. The van der Waals surface area contributed by atoms with Gasteiger partial charge in [-0.15, -0.1) is 0 Å². The summed E-state index contributed by atoms with van der Waals surface area (Å²) in [6.45, 7) is 0. The quantitative estimate of drug-likeness (QED) is 0.529. The SMILES string of the molecule is O=C(c1ccc2ccccc2n1)c1ccc(F)c(F)c1F. The lowest BCUT2D eigenvalue weighted by Gasteiger charge is -2.05. The smallest absolute Gasteiger partial charge is 0.214 e. The molecule has 0 N–H and O–H groups in total. The number of carbonyl (C=O) groups is 1. The van der Waals surface area contributed by atoms with Gasteiger partial charge in [-0.25, -0.2) is 18.2 Å². The summed E-state index contributed by atoms with van der Waals surface area (Å²) in [5.41, 5.74) is -0.0124. The number of pyridine rings is 1. The molecule has 2 nitrogen and oxygen atoms in total. The van der Waals surface area contributed by atoms with Gasteiger partial charge in [-0.3, -0.25) is 4.79 Å². The van der Waals surface area contributed by atoms with Crippen LogP contribution in [-0.2, 0) is 0 Å². The number of nitrogens with zero attached hydrogens (tertiary/aromatic N) is 1. The number of aromatic nitrogens is 1. The van der Waals surface area contributed by atoms with Gasteiger partial charge in [0.05, 0.1) is 11.1 Å². The fraction of sp³-hybridized carbons (Fsp3) is 0. The average molecular weight is 287 g/mol. The van der Waals surface area contributed by atoms with Gasteiger partial charge >= 0.3 is 0 Å². The van der Waals surface area contributed by atoms with Crippen LogP contribution in [0.4, 0.5) is 13.2 Å². The zero-order valence-electron chi connectivity index (χ0n) is 10.6. The molecule has 0 saturated heterocycles. The molecule has 1 aromatic heterocycles. The van der Waals surface area contributed by atoms with E-state index in [2.05, 4.69) is 4.98 Å². The van der Waals surface area contributed by atoms with Crippen molar-refractivity contribution in [3.05, 3.63) is 77.2 Å². The number of rotatable bonds is 2. The van der Waals surface area contributed by atoms with Gasteiger partial charge in [-0.05, 0) is 24.3 Å². The van der Waals surface area contributed by atoms with Crippen molar-refractivity contribution in [1.82, 2.24) is 4.98 Å². The van der Waals surface area contributed by atoms with Crippen molar-refractivity contribution in [3.8, 4) is 0 Å². The summed E-state index contributed by atoms with van der Waals surface area (Å²) in [4.78, 5) is 16.3. The first kappa shape index (κ1) is 13.3. The summed E-state index contributed by atoms with van der Waals surface area (Å²) in [5, 5.41) is 0.819. The summed E-state index contributed by atoms with van der Waals surface area (Å²) in [7, 11) is 0. The Labute approximate surface area is 117 Å². The summed E-state index contributed by atoms with van der Waals surface area (Å²) in [6, 6.07) is 11.8. The number of ketones is 1. The van der Waals surface area contributed by atoms with Crippen molar-refractivity contribution in [2.75, 3.05) is 0 Å². The van der Waals surface area contributed by atoms with E-state index in [1.54, 1.807) is 18.2 Å². The Hall–Kier alpha value is -2.69. The molecule has 0 amide bonds. The van der Waals surface area contributed by atoms with E-state index in [9.17, 15) is 18.0 Å². The molecule has 5 heteroatoms. The van der Waals surface area contributed by atoms with Gasteiger partial charge in [0.1, 0.15) is 5.69 Å². The van der Waals surface area contributed by atoms with Gasteiger partial charge in [-0.2, -0.15) is 0 Å². The summed E-state index contributed by atoms with van der Waals surface area (Å²) in [5.74, 6) is -5.30. The molecule has 0 unspecified atom stereocenters. The fourth-order valence-electron chi connectivity index (χ4n) is 2.03. The van der Waals surface area contributed by atoms with Crippen LogP contribution < -0.4 is 0 Å². The van der Waals surface area contributed by atoms with Crippen LogP contribution >= 0.6 is 0 Å². The third-order valence-corrected chi connectivity index (χ3v) is 3.11. The lowest BCUT2D eigenvalue weighted by atomic mass is 10.1. The summed E-state index contributed by atoms with van der Waals surface area (Å²) >= 11 is 0. The molecule has 0 aliphatic heterocycles. The average Bonchev–Trinajstić information content (AvgIpc) is 2.52. The molecule has 0 spiro atoms. The highest BCUT2D eigenvalue weighted by atomic mass is 19.2. The van der Waals surface area contributed by atoms with E-state index in [4.69, 9.17) is 0 Å². The Morgan fingerprint density at radius 1 is 0.857 bits per heavy atom. The Balaban J connectivity index is 2.10. The zero-order valence-corrected chi connectivity index (χ0v) is 10.6. The Bertz CT molecular complexity index is 861. The zero-order chi connectivity index (χ0) is 15.0. The highest BCUT2D eigenvalue weighted by Crippen LogP contribution is 2.19. The fourth-order valence-corrected chi connectivity index (χ4v) is 2.03. The first-order valence-electron chi connectivity index (χ1n) is 6.12. The van der Waals surface area contributed by atoms with Gasteiger partial charge in [-0.1, -0.05) is 24.3 Å². The number of hydrogen-bond donors (Lipinski definition) is 0. The maximum Gasteiger partial charge on any atom is 0.214 e. The van der Waals surface area contributed by atoms with Crippen LogP contribution in [0.25, 0.3) is 10.9 Å². The van der Waals surface area contributed by atoms with Crippen LogP contribution in [0, 0.1) is 17.5 Å². The highest BCUT2D eigenvalue weighted by Gasteiger charge is 2.20. The maximum atomic E-state index is 13.6. The van der Waals surface area contributed by atoms with Gasteiger partial charge in [0.2, 0.25) is 5.78 Å². The molecule has 0 radical (unpaired) electrons. The van der Waals surface area contributed by atoms with Crippen molar-refractivity contribution in [2.24, 2.45) is 0 Å². The molecule has 0 fully saturated rings. The van der Waals surface area contributed by atoms with Gasteiger partial charge < -0.3 is 0 Å². The molecule has 0 aliphatic carbocycles. The monoisotopic (exact) mass is 287 g/mol. The van der Waals surface area contributed by atoms with E-state index in [-0.39, 0.29) is 5.69 Å². The minimum Gasteiger partial charge on any atom is -0.287 e. The second kappa shape index (κ2) is 5.01. The van der Waals surface area contributed by atoms with Crippen molar-refractivity contribution in [3.63, 3.8) is 0 Å². The molecule has 2 aromatic carbocycles. The van der Waals surface area contributed by atoms with Crippen molar-refractivity contribution >= 4 is 16.7 Å². The molecule has 104 valence electrons. The third kappa shape index (κ3) is 2.27.